The molecule has 0 unspecified atom stereocenters. The Bertz CT molecular complexity index is 1000. The van der Waals surface area contributed by atoms with E-state index in [9.17, 15) is 14.7 Å². The van der Waals surface area contributed by atoms with E-state index >= 15 is 0 Å². The van der Waals surface area contributed by atoms with Crippen molar-refractivity contribution >= 4 is 17.9 Å². The molecule has 2 aliphatic carbocycles. The molecule has 2 heterocycles. The number of allylic oxidation sites excluding steroid dienone is 2. The zero-order valence-electron chi connectivity index (χ0n) is 20.5. The number of phenols is 1. The van der Waals surface area contributed by atoms with Gasteiger partial charge in [-0.05, 0) is 68.7 Å². The molecule has 2 aliphatic heterocycles. The molecule has 0 spiro atoms. The monoisotopic (exact) mass is 463 g/mol. The average Bonchev–Trinajstić information content (AvgIpc) is 3.38. The van der Waals surface area contributed by atoms with Crippen LogP contribution in [0.3, 0.4) is 0 Å². The zero-order chi connectivity index (χ0) is 23.8. The van der Waals surface area contributed by atoms with Gasteiger partial charge in [0.25, 0.3) is 0 Å². The van der Waals surface area contributed by atoms with Crippen LogP contribution in [0.1, 0.15) is 77.2 Å². The largest absolute Gasteiger partial charge is 0.508 e. The number of carbonyl (C=O) groups is 2. The van der Waals surface area contributed by atoms with Crippen molar-refractivity contribution < 1.29 is 19.4 Å². The standard InChI is InChI=1S/C29H37NO4/c1-3-20-16-23-27(29(33)30(28(23)32)21-7-5-4-6-8-21)24-17-34-25(26(20)24)14-9-18(2)15-19-10-12-22(31)13-11-19/h10-13,15,21,23-25,27,31H,3-9,14,16-17H2,1-2H3/b18-15+/t23-,24+,25-,27-/m1/s1. The molecule has 1 N–H and O–H groups in total. The second kappa shape index (κ2) is 9.69. The van der Waals surface area contributed by atoms with E-state index in [0.717, 1.165) is 56.9 Å². The van der Waals surface area contributed by atoms with Gasteiger partial charge in [-0.1, -0.05) is 55.5 Å². The van der Waals surface area contributed by atoms with Crippen molar-refractivity contribution in [3.63, 3.8) is 0 Å². The van der Waals surface area contributed by atoms with E-state index in [1.807, 2.05) is 12.1 Å². The Labute approximate surface area is 202 Å². The van der Waals surface area contributed by atoms with Crippen molar-refractivity contribution in [1.82, 2.24) is 4.90 Å². The predicted octanol–water partition coefficient (Wildman–Crippen LogP) is 5.63. The molecule has 2 saturated heterocycles. The molecule has 182 valence electrons. The molecule has 4 aliphatic rings. The minimum atomic E-state index is -0.224. The van der Waals surface area contributed by atoms with Crippen molar-refractivity contribution in [2.45, 2.75) is 83.8 Å². The van der Waals surface area contributed by atoms with Gasteiger partial charge in [-0.2, -0.15) is 0 Å². The fourth-order valence-corrected chi connectivity index (χ4v) is 6.82. The number of nitrogens with zero attached hydrogens (tertiary/aromatic N) is 1. The summed E-state index contributed by atoms with van der Waals surface area (Å²) in [6.07, 6.45) is 11.0. The van der Waals surface area contributed by atoms with Gasteiger partial charge in [-0.25, -0.2) is 0 Å². The lowest BCUT2D eigenvalue weighted by Crippen LogP contribution is -2.42. The molecule has 34 heavy (non-hydrogen) atoms. The van der Waals surface area contributed by atoms with E-state index in [1.54, 1.807) is 17.0 Å². The molecule has 1 aromatic carbocycles. The number of aromatic hydroxyl groups is 1. The second-order valence-corrected chi connectivity index (χ2v) is 10.6. The normalized spacial score (nSPS) is 30.2. The van der Waals surface area contributed by atoms with Crippen LogP contribution in [-0.4, -0.2) is 40.6 Å². The van der Waals surface area contributed by atoms with Gasteiger partial charge in [0.15, 0.2) is 0 Å². The second-order valence-electron chi connectivity index (χ2n) is 10.6. The Balaban J connectivity index is 1.31. The maximum absolute atomic E-state index is 13.6. The zero-order valence-corrected chi connectivity index (χ0v) is 20.5. The molecule has 0 bridgehead atoms. The van der Waals surface area contributed by atoms with Crippen molar-refractivity contribution in [2.24, 2.45) is 17.8 Å². The van der Waals surface area contributed by atoms with Crippen LogP contribution < -0.4 is 0 Å². The van der Waals surface area contributed by atoms with Gasteiger partial charge < -0.3 is 9.84 Å². The van der Waals surface area contributed by atoms with Crippen LogP contribution in [0.15, 0.2) is 41.0 Å². The topological polar surface area (TPSA) is 66.8 Å². The highest BCUT2D eigenvalue weighted by Crippen LogP contribution is 2.51. The minimum Gasteiger partial charge on any atom is -0.508 e. The Morgan fingerprint density at radius 1 is 1.09 bits per heavy atom. The lowest BCUT2D eigenvalue weighted by molar-refractivity contribution is -0.143. The van der Waals surface area contributed by atoms with Crippen molar-refractivity contribution in [3.8, 4) is 5.75 Å². The molecule has 5 nitrogen and oxygen atoms in total. The van der Waals surface area contributed by atoms with Gasteiger partial charge in [0, 0.05) is 12.0 Å². The molecule has 0 radical (unpaired) electrons. The number of rotatable bonds is 6. The fraction of sp³-hybridized carbons (Fsp3) is 0.586. The number of fused-ring (bicyclic) bond motifs is 3. The van der Waals surface area contributed by atoms with Crippen molar-refractivity contribution in [3.05, 3.63) is 46.5 Å². The number of imide groups is 1. The molecular formula is C29H37NO4. The maximum atomic E-state index is 13.6. The van der Waals surface area contributed by atoms with Crippen LogP contribution in [0.5, 0.6) is 5.75 Å². The summed E-state index contributed by atoms with van der Waals surface area (Å²) in [5, 5.41) is 9.50. The summed E-state index contributed by atoms with van der Waals surface area (Å²) in [4.78, 5) is 28.7. The maximum Gasteiger partial charge on any atom is 0.234 e. The summed E-state index contributed by atoms with van der Waals surface area (Å²) in [7, 11) is 0. The summed E-state index contributed by atoms with van der Waals surface area (Å²) >= 11 is 0. The third kappa shape index (κ3) is 4.24. The first kappa shape index (κ1) is 23.3. The number of phenolic OH excluding ortho intramolecular Hbond substituents is 1. The molecule has 5 rings (SSSR count). The quantitative estimate of drug-likeness (QED) is 0.438. The Morgan fingerprint density at radius 3 is 2.53 bits per heavy atom. The number of ether oxygens (including phenoxy) is 1. The number of carbonyl (C=O) groups excluding carboxylic acids is 2. The van der Waals surface area contributed by atoms with Crippen LogP contribution in [-0.2, 0) is 14.3 Å². The lowest BCUT2D eigenvalue weighted by Gasteiger charge is -2.31. The van der Waals surface area contributed by atoms with Crippen molar-refractivity contribution in [1.29, 1.82) is 0 Å². The van der Waals surface area contributed by atoms with Crippen LogP contribution in [0.2, 0.25) is 0 Å². The van der Waals surface area contributed by atoms with Gasteiger partial charge >= 0.3 is 0 Å². The molecule has 3 fully saturated rings. The number of benzene rings is 1. The van der Waals surface area contributed by atoms with Gasteiger partial charge in [-0.3, -0.25) is 14.5 Å². The highest BCUT2D eigenvalue weighted by atomic mass is 16.5. The predicted molar refractivity (Wildman–Crippen MR) is 132 cm³/mol. The number of amides is 2. The highest BCUT2D eigenvalue weighted by Gasteiger charge is 2.57. The molecule has 1 aromatic rings. The van der Waals surface area contributed by atoms with E-state index in [-0.39, 0.29) is 47.5 Å². The molecule has 0 aromatic heterocycles. The van der Waals surface area contributed by atoms with Crippen LogP contribution in [0.4, 0.5) is 0 Å². The Kier molecular flexibility index (Phi) is 6.65. The summed E-state index contributed by atoms with van der Waals surface area (Å²) in [5.74, 6) is 0.0900. The average molecular weight is 464 g/mol. The molecule has 4 atom stereocenters. The van der Waals surface area contributed by atoms with E-state index < -0.39 is 0 Å². The van der Waals surface area contributed by atoms with Gasteiger partial charge in [0.05, 0.1) is 24.5 Å². The SMILES string of the molecule is CCC1=C2[C@@H](CC/C(C)=C/c3ccc(O)cc3)OC[C@@H]2[C@@H]2C(=O)N(C3CCCCC3)C(=O)[C@@H]2C1. The number of likely N-dealkylation sites (tertiary alicyclic amines) is 1. The molecular weight excluding hydrogens is 426 g/mol. The van der Waals surface area contributed by atoms with E-state index in [1.165, 1.54) is 23.1 Å². The Hall–Kier alpha value is -2.40. The summed E-state index contributed by atoms with van der Waals surface area (Å²) in [5.41, 5.74) is 5.02. The van der Waals surface area contributed by atoms with Crippen LogP contribution in [0.25, 0.3) is 6.08 Å². The van der Waals surface area contributed by atoms with Gasteiger partial charge in [0.1, 0.15) is 5.75 Å². The molecule has 5 heteroatoms. The number of hydrogen-bond donors (Lipinski definition) is 1. The smallest absolute Gasteiger partial charge is 0.234 e. The minimum absolute atomic E-state index is 0.0377. The van der Waals surface area contributed by atoms with Crippen LogP contribution in [0, 0.1) is 17.8 Å². The van der Waals surface area contributed by atoms with Gasteiger partial charge in [0.2, 0.25) is 11.8 Å². The Morgan fingerprint density at radius 2 is 1.82 bits per heavy atom. The van der Waals surface area contributed by atoms with Gasteiger partial charge in [-0.15, -0.1) is 0 Å². The first-order valence-electron chi connectivity index (χ1n) is 13.1. The molecule has 1 saturated carbocycles. The fourth-order valence-electron chi connectivity index (χ4n) is 6.82. The van der Waals surface area contributed by atoms with Crippen molar-refractivity contribution in [2.75, 3.05) is 6.61 Å². The first-order valence-corrected chi connectivity index (χ1v) is 13.1. The highest BCUT2D eigenvalue weighted by molar-refractivity contribution is 6.06. The lowest BCUT2D eigenvalue weighted by atomic mass is 9.69. The first-order chi connectivity index (χ1) is 16.5. The summed E-state index contributed by atoms with van der Waals surface area (Å²) < 4.78 is 6.32. The summed E-state index contributed by atoms with van der Waals surface area (Å²) in [6, 6.07) is 7.36. The third-order valence-corrected chi connectivity index (χ3v) is 8.52. The third-order valence-electron chi connectivity index (χ3n) is 8.52. The van der Waals surface area contributed by atoms with E-state index in [0.29, 0.717) is 6.61 Å². The molecule has 2 amide bonds. The van der Waals surface area contributed by atoms with Crippen LogP contribution >= 0.6 is 0 Å². The number of hydrogen-bond acceptors (Lipinski definition) is 4. The van der Waals surface area contributed by atoms with E-state index in [2.05, 4.69) is 19.9 Å². The summed E-state index contributed by atoms with van der Waals surface area (Å²) in [6.45, 7) is 4.86. The van der Waals surface area contributed by atoms with E-state index in [4.69, 9.17) is 4.74 Å².